The molecule has 118 valence electrons. The molecule has 0 unspecified atom stereocenters. The Bertz CT molecular complexity index is 572. The fourth-order valence-electron chi connectivity index (χ4n) is 1.93. The number of methoxy groups -OCH3 is 1. The fourth-order valence-corrected chi connectivity index (χ4v) is 1.93. The monoisotopic (exact) mass is 321 g/mol. The van der Waals surface area contributed by atoms with E-state index in [0.29, 0.717) is 6.61 Å². The molecule has 2 aromatic carbocycles. The molecule has 1 atom stereocenters. The van der Waals surface area contributed by atoms with Gasteiger partial charge in [-0.3, -0.25) is 4.79 Å². The molecule has 0 radical (unpaired) electrons. The summed E-state index contributed by atoms with van der Waals surface area (Å²) in [5.74, 6) is 0.458. The van der Waals surface area contributed by atoms with E-state index in [9.17, 15) is 4.79 Å². The highest BCUT2D eigenvalue weighted by molar-refractivity contribution is 5.85. The summed E-state index contributed by atoms with van der Waals surface area (Å²) in [6.07, 6.45) is 0.167. The van der Waals surface area contributed by atoms with E-state index in [0.717, 1.165) is 16.9 Å². The van der Waals surface area contributed by atoms with Gasteiger partial charge in [-0.05, 0) is 23.3 Å². The zero-order valence-electron chi connectivity index (χ0n) is 12.4. The van der Waals surface area contributed by atoms with Crippen LogP contribution in [-0.2, 0) is 16.1 Å². The molecule has 0 aliphatic rings. The third-order valence-corrected chi connectivity index (χ3v) is 3.17. The molecule has 0 fully saturated rings. The number of esters is 1. The minimum Gasteiger partial charge on any atom is -0.489 e. The summed E-state index contributed by atoms with van der Waals surface area (Å²) in [6, 6.07) is 17.1. The predicted octanol–water partition coefficient (Wildman–Crippen LogP) is 3.25. The molecule has 0 saturated carbocycles. The van der Waals surface area contributed by atoms with Crippen molar-refractivity contribution in [3.63, 3.8) is 0 Å². The summed E-state index contributed by atoms with van der Waals surface area (Å²) in [4.78, 5) is 11.2. The topological polar surface area (TPSA) is 61.5 Å². The molecule has 0 amide bonds. The van der Waals surface area contributed by atoms with Gasteiger partial charge in [0.15, 0.2) is 0 Å². The Hall–Kier alpha value is -2.04. The Morgan fingerprint density at radius 3 is 2.32 bits per heavy atom. The zero-order chi connectivity index (χ0) is 15.1. The molecular formula is C17H20ClNO3. The maximum atomic E-state index is 11.2. The van der Waals surface area contributed by atoms with Gasteiger partial charge in [-0.25, -0.2) is 0 Å². The Morgan fingerprint density at radius 2 is 1.73 bits per heavy atom. The molecule has 0 aromatic heterocycles. The minimum absolute atomic E-state index is 0. The van der Waals surface area contributed by atoms with Gasteiger partial charge in [-0.1, -0.05) is 42.5 Å². The third kappa shape index (κ3) is 5.39. The number of benzene rings is 2. The highest BCUT2D eigenvalue weighted by atomic mass is 35.5. The molecule has 0 aliphatic carbocycles. The third-order valence-electron chi connectivity index (χ3n) is 3.17. The lowest BCUT2D eigenvalue weighted by Gasteiger charge is -2.12. The van der Waals surface area contributed by atoms with Crippen molar-refractivity contribution in [2.24, 2.45) is 5.73 Å². The smallest absolute Gasteiger partial charge is 0.307 e. The Balaban J connectivity index is 0.00000242. The van der Waals surface area contributed by atoms with Crippen molar-refractivity contribution < 1.29 is 14.3 Å². The van der Waals surface area contributed by atoms with Gasteiger partial charge in [0, 0.05) is 6.04 Å². The fraction of sp³-hybridized carbons (Fsp3) is 0.235. The van der Waals surface area contributed by atoms with Crippen LogP contribution in [0.15, 0.2) is 54.6 Å². The van der Waals surface area contributed by atoms with Crippen molar-refractivity contribution in [3.8, 4) is 5.75 Å². The van der Waals surface area contributed by atoms with Crippen LogP contribution in [0, 0.1) is 0 Å². The molecule has 4 nitrogen and oxygen atoms in total. The van der Waals surface area contributed by atoms with Crippen LogP contribution in [0.5, 0.6) is 5.75 Å². The quantitative estimate of drug-likeness (QED) is 0.830. The molecule has 0 aliphatic heterocycles. The maximum absolute atomic E-state index is 11.2. The summed E-state index contributed by atoms with van der Waals surface area (Å²) >= 11 is 0. The average Bonchev–Trinajstić information content (AvgIpc) is 2.54. The second-order valence-corrected chi connectivity index (χ2v) is 4.73. The molecule has 2 aromatic rings. The van der Waals surface area contributed by atoms with Gasteiger partial charge in [0.2, 0.25) is 0 Å². The second-order valence-electron chi connectivity index (χ2n) is 4.73. The van der Waals surface area contributed by atoms with Crippen LogP contribution in [0.1, 0.15) is 23.6 Å². The summed E-state index contributed by atoms with van der Waals surface area (Å²) in [5, 5.41) is 0. The van der Waals surface area contributed by atoms with E-state index in [-0.39, 0.29) is 30.8 Å². The van der Waals surface area contributed by atoms with Gasteiger partial charge in [0.05, 0.1) is 13.5 Å². The first-order valence-electron chi connectivity index (χ1n) is 6.78. The van der Waals surface area contributed by atoms with Crippen LogP contribution in [0.4, 0.5) is 0 Å². The van der Waals surface area contributed by atoms with Crippen LogP contribution < -0.4 is 10.5 Å². The Labute approximate surface area is 136 Å². The molecule has 2 rings (SSSR count). The molecule has 0 bridgehead atoms. The van der Waals surface area contributed by atoms with E-state index in [2.05, 4.69) is 4.74 Å². The lowest BCUT2D eigenvalue weighted by Crippen LogP contribution is -2.16. The van der Waals surface area contributed by atoms with Crippen LogP contribution in [0.25, 0.3) is 0 Å². The highest BCUT2D eigenvalue weighted by Crippen LogP contribution is 2.19. The summed E-state index contributed by atoms with van der Waals surface area (Å²) in [7, 11) is 1.36. The average molecular weight is 322 g/mol. The molecule has 5 heteroatoms. The van der Waals surface area contributed by atoms with E-state index in [1.807, 2.05) is 54.6 Å². The van der Waals surface area contributed by atoms with Crippen molar-refractivity contribution in [2.75, 3.05) is 7.11 Å². The molecular weight excluding hydrogens is 302 g/mol. The van der Waals surface area contributed by atoms with Gasteiger partial charge >= 0.3 is 5.97 Å². The van der Waals surface area contributed by atoms with Crippen molar-refractivity contribution in [1.29, 1.82) is 0 Å². The van der Waals surface area contributed by atoms with E-state index in [1.54, 1.807) is 0 Å². The number of carbonyl (C=O) groups excluding carboxylic acids is 1. The molecule has 2 N–H and O–H groups in total. The van der Waals surface area contributed by atoms with Crippen molar-refractivity contribution in [2.45, 2.75) is 19.1 Å². The Morgan fingerprint density at radius 1 is 1.09 bits per heavy atom. The maximum Gasteiger partial charge on any atom is 0.307 e. The van der Waals surface area contributed by atoms with Gasteiger partial charge in [0.1, 0.15) is 12.4 Å². The van der Waals surface area contributed by atoms with E-state index in [1.165, 1.54) is 7.11 Å². The van der Waals surface area contributed by atoms with E-state index in [4.69, 9.17) is 10.5 Å². The largest absolute Gasteiger partial charge is 0.489 e. The zero-order valence-corrected chi connectivity index (χ0v) is 13.2. The first kappa shape index (κ1) is 18.0. The second kappa shape index (κ2) is 9.07. The number of halogens is 1. The summed E-state index contributed by atoms with van der Waals surface area (Å²) in [5.41, 5.74) is 7.94. The number of nitrogens with two attached hydrogens (primary N) is 1. The summed E-state index contributed by atoms with van der Waals surface area (Å²) < 4.78 is 10.3. The molecule has 22 heavy (non-hydrogen) atoms. The molecule has 0 spiro atoms. The lowest BCUT2D eigenvalue weighted by molar-refractivity contribution is -0.141. The van der Waals surface area contributed by atoms with Gasteiger partial charge in [0.25, 0.3) is 0 Å². The number of carbonyl (C=O) groups is 1. The van der Waals surface area contributed by atoms with Crippen LogP contribution >= 0.6 is 12.4 Å². The number of hydrogen-bond acceptors (Lipinski definition) is 4. The number of hydrogen-bond donors (Lipinski definition) is 1. The Kier molecular flexibility index (Phi) is 7.43. The molecule has 0 heterocycles. The highest BCUT2D eigenvalue weighted by Gasteiger charge is 2.11. The minimum atomic E-state index is -0.361. The summed E-state index contributed by atoms with van der Waals surface area (Å²) in [6.45, 7) is 0.522. The SMILES string of the molecule is COC(=O)C[C@H](N)c1ccc(OCc2ccccc2)cc1.Cl. The standard InChI is InChI=1S/C17H19NO3.ClH/c1-20-17(19)11-16(18)14-7-9-15(10-8-14)21-12-13-5-3-2-4-6-13;/h2-10,16H,11-12,18H2,1H3;1H/t16-;/m0./s1. The first-order chi connectivity index (χ1) is 10.2. The normalized spacial score (nSPS) is 11.2. The van der Waals surface area contributed by atoms with Crippen LogP contribution in [0.2, 0.25) is 0 Å². The van der Waals surface area contributed by atoms with E-state index >= 15 is 0 Å². The van der Waals surface area contributed by atoms with Crippen molar-refractivity contribution >= 4 is 18.4 Å². The van der Waals surface area contributed by atoms with Gasteiger partial charge < -0.3 is 15.2 Å². The van der Waals surface area contributed by atoms with Gasteiger partial charge in [-0.15, -0.1) is 12.4 Å². The van der Waals surface area contributed by atoms with Crippen molar-refractivity contribution in [3.05, 3.63) is 65.7 Å². The van der Waals surface area contributed by atoms with E-state index < -0.39 is 0 Å². The molecule has 0 saturated heterocycles. The lowest BCUT2D eigenvalue weighted by atomic mass is 10.0. The van der Waals surface area contributed by atoms with Gasteiger partial charge in [-0.2, -0.15) is 0 Å². The predicted molar refractivity (Wildman–Crippen MR) is 88.0 cm³/mol. The van der Waals surface area contributed by atoms with Crippen LogP contribution in [-0.4, -0.2) is 13.1 Å². The number of rotatable bonds is 6. The van der Waals surface area contributed by atoms with Crippen molar-refractivity contribution in [1.82, 2.24) is 0 Å². The van der Waals surface area contributed by atoms with Crippen LogP contribution in [0.3, 0.4) is 0 Å². The number of ether oxygens (including phenoxy) is 2. The first-order valence-corrected chi connectivity index (χ1v) is 6.78.